The third-order valence-electron chi connectivity index (χ3n) is 5.12. The van der Waals surface area contributed by atoms with E-state index in [1.807, 2.05) is 15.7 Å². The summed E-state index contributed by atoms with van der Waals surface area (Å²) in [6.45, 7) is 2.19. The molecule has 0 aromatic carbocycles. The summed E-state index contributed by atoms with van der Waals surface area (Å²) in [5.41, 5.74) is 6.70. The van der Waals surface area contributed by atoms with Crippen LogP contribution in [0.3, 0.4) is 0 Å². The monoisotopic (exact) mass is 467 g/mol. The van der Waals surface area contributed by atoms with Crippen LogP contribution in [0.2, 0.25) is 0 Å². The Labute approximate surface area is 165 Å². The highest BCUT2D eigenvalue weighted by Gasteiger charge is 2.29. The van der Waals surface area contributed by atoms with Crippen LogP contribution >= 0.6 is 22.6 Å². The van der Waals surface area contributed by atoms with E-state index >= 15 is 0 Å². The predicted octanol–water partition coefficient (Wildman–Crippen LogP) is 1.44. The highest BCUT2D eigenvalue weighted by Crippen LogP contribution is 2.29. The van der Waals surface area contributed by atoms with E-state index in [9.17, 15) is 4.79 Å². The van der Waals surface area contributed by atoms with Crippen LogP contribution in [-0.2, 0) is 4.79 Å². The van der Waals surface area contributed by atoms with Crippen molar-refractivity contribution in [1.29, 1.82) is 0 Å². The van der Waals surface area contributed by atoms with Gasteiger partial charge in [-0.25, -0.2) is 14.6 Å². The molecular formula is C17H22IN7O. The summed E-state index contributed by atoms with van der Waals surface area (Å²) < 4.78 is 2.69. The summed E-state index contributed by atoms with van der Waals surface area (Å²) in [5.74, 6) is 0.510. The van der Waals surface area contributed by atoms with E-state index in [-0.39, 0.29) is 11.9 Å². The number of rotatable bonds is 5. The Bertz CT molecular complexity index is 860. The van der Waals surface area contributed by atoms with Gasteiger partial charge in [0.25, 0.3) is 0 Å². The van der Waals surface area contributed by atoms with Crippen molar-refractivity contribution in [3.8, 4) is 0 Å². The number of nitrogens with two attached hydrogens (primary N) is 1. The van der Waals surface area contributed by atoms with Gasteiger partial charge in [-0.3, -0.25) is 9.69 Å². The van der Waals surface area contributed by atoms with Crippen molar-refractivity contribution in [3.05, 3.63) is 22.2 Å². The van der Waals surface area contributed by atoms with Crippen molar-refractivity contribution in [2.45, 2.75) is 31.3 Å². The molecule has 1 aliphatic heterocycles. The van der Waals surface area contributed by atoms with Gasteiger partial charge in [0.05, 0.1) is 11.4 Å². The number of hydrogen-bond acceptors (Lipinski definition) is 6. The first-order valence-corrected chi connectivity index (χ1v) is 9.92. The molecule has 1 aliphatic carbocycles. The minimum Gasteiger partial charge on any atom is -0.383 e. The number of halogens is 1. The van der Waals surface area contributed by atoms with Gasteiger partial charge in [0, 0.05) is 31.8 Å². The number of anilines is 1. The van der Waals surface area contributed by atoms with Crippen molar-refractivity contribution in [3.63, 3.8) is 0 Å². The average Bonchev–Trinajstić information content (AvgIpc) is 3.26. The maximum Gasteiger partial charge on any atom is 0.246 e. The highest BCUT2D eigenvalue weighted by atomic mass is 127. The second-order valence-corrected chi connectivity index (χ2v) is 8.01. The van der Waals surface area contributed by atoms with E-state index < -0.39 is 0 Å². The Balaban J connectivity index is 1.43. The number of amides is 1. The molecule has 4 rings (SSSR count). The molecule has 1 atom stereocenters. The van der Waals surface area contributed by atoms with E-state index in [1.54, 1.807) is 6.08 Å². The fourth-order valence-electron chi connectivity index (χ4n) is 3.44. The van der Waals surface area contributed by atoms with Crippen LogP contribution in [0.5, 0.6) is 0 Å². The van der Waals surface area contributed by atoms with Gasteiger partial charge in [-0.2, -0.15) is 5.10 Å². The zero-order chi connectivity index (χ0) is 18.3. The molecule has 2 aromatic heterocycles. The lowest BCUT2D eigenvalue weighted by Gasteiger charge is -2.16. The van der Waals surface area contributed by atoms with Crippen molar-refractivity contribution in [2.75, 3.05) is 32.4 Å². The van der Waals surface area contributed by atoms with Gasteiger partial charge in [0.2, 0.25) is 5.91 Å². The lowest BCUT2D eigenvalue weighted by atomic mass is 10.2. The zero-order valence-corrected chi connectivity index (χ0v) is 16.8. The lowest BCUT2D eigenvalue weighted by molar-refractivity contribution is -0.125. The molecule has 0 spiro atoms. The number of carbonyl (C=O) groups excluding carboxylic acids is 1. The van der Waals surface area contributed by atoms with Crippen molar-refractivity contribution in [2.24, 2.45) is 0 Å². The van der Waals surface area contributed by atoms with Gasteiger partial charge < -0.3 is 10.6 Å². The third kappa shape index (κ3) is 3.41. The molecule has 0 radical (unpaired) electrons. The molecule has 1 amide bonds. The number of likely N-dealkylation sites (N-methyl/N-ethyl adjacent to an activating group) is 1. The largest absolute Gasteiger partial charge is 0.383 e. The molecule has 138 valence electrons. The van der Waals surface area contributed by atoms with Crippen LogP contribution in [0, 0.1) is 3.70 Å². The Kier molecular flexibility index (Phi) is 4.82. The first-order valence-electron chi connectivity index (χ1n) is 8.84. The van der Waals surface area contributed by atoms with Crippen LogP contribution in [0.4, 0.5) is 5.82 Å². The Morgan fingerprint density at radius 2 is 2.23 bits per heavy atom. The number of carbonyl (C=O) groups is 1. The second-order valence-electron chi connectivity index (χ2n) is 6.99. The topological polar surface area (TPSA) is 93.2 Å². The van der Waals surface area contributed by atoms with Crippen LogP contribution < -0.4 is 5.73 Å². The molecule has 3 heterocycles. The van der Waals surface area contributed by atoms with Gasteiger partial charge in [-0.15, -0.1) is 0 Å². The summed E-state index contributed by atoms with van der Waals surface area (Å²) in [7, 11) is 2.11. The fourth-order valence-corrected chi connectivity index (χ4v) is 4.19. The number of nitrogens with zero attached hydrogens (tertiary/aromatic N) is 6. The second kappa shape index (κ2) is 7.10. The Morgan fingerprint density at radius 1 is 1.42 bits per heavy atom. The standard InChI is InChI=1S/C17H22IN7O/c1-23(11-4-5-11)7-2-3-13(26)24-8-6-12(9-24)25-17-14(15(18)22-25)16(19)20-10-21-17/h2-3,10-12H,4-9H2,1H3,(H2,19,20,21)/b3-2+/t12-/m1/s1. The predicted molar refractivity (Wildman–Crippen MR) is 107 cm³/mol. The summed E-state index contributed by atoms with van der Waals surface area (Å²) >= 11 is 2.16. The van der Waals surface area contributed by atoms with E-state index in [2.05, 4.69) is 49.6 Å². The van der Waals surface area contributed by atoms with Crippen molar-refractivity contribution >= 4 is 45.3 Å². The summed E-state index contributed by atoms with van der Waals surface area (Å²) in [4.78, 5) is 25.0. The molecule has 2 aromatic rings. The molecule has 0 unspecified atom stereocenters. The molecule has 2 aliphatic rings. The van der Waals surface area contributed by atoms with Gasteiger partial charge in [-0.1, -0.05) is 6.08 Å². The van der Waals surface area contributed by atoms with Crippen LogP contribution in [-0.4, -0.2) is 68.2 Å². The molecule has 8 nitrogen and oxygen atoms in total. The third-order valence-corrected chi connectivity index (χ3v) is 5.88. The molecular weight excluding hydrogens is 445 g/mol. The summed E-state index contributed by atoms with van der Waals surface area (Å²) in [5, 5.41) is 5.39. The lowest BCUT2D eigenvalue weighted by Crippen LogP contribution is -2.28. The highest BCUT2D eigenvalue weighted by molar-refractivity contribution is 14.1. The smallest absolute Gasteiger partial charge is 0.246 e. The minimum atomic E-state index is 0.0667. The Morgan fingerprint density at radius 3 is 3.00 bits per heavy atom. The maximum atomic E-state index is 12.5. The normalized spacial score (nSPS) is 20.7. The van der Waals surface area contributed by atoms with E-state index in [1.165, 1.54) is 19.2 Å². The molecule has 2 N–H and O–H groups in total. The van der Waals surface area contributed by atoms with Crippen LogP contribution in [0.15, 0.2) is 18.5 Å². The molecule has 9 heteroatoms. The van der Waals surface area contributed by atoms with Crippen LogP contribution in [0.1, 0.15) is 25.3 Å². The molecule has 0 bridgehead atoms. The average molecular weight is 467 g/mol. The minimum absolute atomic E-state index is 0.0667. The first-order chi connectivity index (χ1) is 12.5. The number of nitrogen functional groups attached to an aromatic ring is 1. The quantitative estimate of drug-likeness (QED) is 0.529. The molecule has 1 saturated carbocycles. The SMILES string of the molecule is CN(C/C=C/C(=O)N1CC[C@@H](n2nc(I)c3c(N)ncnc32)C1)C1CC1. The zero-order valence-electron chi connectivity index (χ0n) is 14.7. The van der Waals surface area contributed by atoms with Crippen molar-refractivity contribution < 1.29 is 4.79 Å². The van der Waals surface area contributed by atoms with Crippen LogP contribution in [0.25, 0.3) is 11.0 Å². The van der Waals surface area contributed by atoms with Gasteiger partial charge >= 0.3 is 0 Å². The van der Waals surface area contributed by atoms with Gasteiger partial charge in [0.1, 0.15) is 15.8 Å². The Hall–Kier alpha value is -1.75. The molecule has 2 fully saturated rings. The fraction of sp³-hybridized carbons (Fsp3) is 0.529. The van der Waals surface area contributed by atoms with E-state index in [4.69, 9.17) is 5.73 Å². The van der Waals surface area contributed by atoms with Gasteiger partial charge in [0.15, 0.2) is 5.65 Å². The molecule has 26 heavy (non-hydrogen) atoms. The van der Waals surface area contributed by atoms with E-state index in [0.29, 0.717) is 18.4 Å². The first kappa shape index (κ1) is 17.7. The van der Waals surface area contributed by atoms with Crippen molar-refractivity contribution in [1.82, 2.24) is 29.5 Å². The number of aromatic nitrogens is 4. The number of likely N-dealkylation sites (tertiary alicyclic amines) is 1. The van der Waals surface area contributed by atoms with E-state index in [0.717, 1.165) is 34.2 Å². The van der Waals surface area contributed by atoms with Gasteiger partial charge in [-0.05, 0) is 48.9 Å². The number of fused-ring (bicyclic) bond motifs is 1. The number of hydrogen-bond donors (Lipinski definition) is 1. The maximum absolute atomic E-state index is 12.5. The molecule has 1 saturated heterocycles. The summed E-state index contributed by atoms with van der Waals surface area (Å²) in [6.07, 6.45) is 8.54. The summed E-state index contributed by atoms with van der Waals surface area (Å²) in [6, 6.07) is 0.817.